The highest BCUT2D eigenvalue weighted by Gasteiger charge is 2.04. The first-order chi connectivity index (χ1) is 9.76. The van der Waals surface area contributed by atoms with Crippen molar-refractivity contribution in [3.63, 3.8) is 0 Å². The van der Waals surface area contributed by atoms with Gasteiger partial charge in [0.15, 0.2) is 5.82 Å². The highest BCUT2D eigenvalue weighted by atomic mass is 15.3. The van der Waals surface area contributed by atoms with E-state index in [0.717, 1.165) is 11.1 Å². The van der Waals surface area contributed by atoms with Crippen LogP contribution in [0.15, 0.2) is 55.0 Å². The summed E-state index contributed by atoms with van der Waals surface area (Å²) in [5, 5.41) is 13.0. The van der Waals surface area contributed by atoms with Crippen molar-refractivity contribution in [2.24, 2.45) is 0 Å². The van der Waals surface area contributed by atoms with Crippen LogP contribution < -0.4 is 5.73 Å². The van der Waals surface area contributed by atoms with E-state index in [9.17, 15) is 0 Å². The largest absolute Gasteiger partial charge is 0.399 e. The number of benzene rings is 1. The molecule has 0 atom stereocenters. The van der Waals surface area contributed by atoms with Gasteiger partial charge in [0.25, 0.3) is 0 Å². The molecule has 3 rings (SSSR count). The summed E-state index contributed by atoms with van der Waals surface area (Å²) in [5.74, 6) is 0.666. The summed E-state index contributed by atoms with van der Waals surface area (Å²) in [7, 11) is 0. The minimum Gasteiger partial charge on any atom is -0.399 e. The summed E-state index contributed by atoms with van der Waals surface area (Å²) in [4.78, 5) is 4.20. The Morgan fingerprint density at radius 2 is 2.00 bits per heavy atom. The number of anilines is 1. The molecule has 5 heteroatoms. The highest BCUT2D eigenvalue weighted by molar-refractivity contribution is 5.66. The molecule has 1 aromatic carbocycles. The van der Waals surface area contributed by atoms with E-state index in [-0.39, 0.29) is 0 Å². The number of nitriles is 1. The van der Waals surface area contributed by atoms with Crippen LogP contribution in [0.1, 0.15) is 5.56 Å². The Morgan fingerprint density at radius 1 is 1.10 bits per heavy atom. The van der Waals surface area contributed by atoms with E-state index in [1.165, 1.54) is 6.20 Å². The van der Waals surface area contributed by atoms with Crippen molar-refractivity contribution in [2.75, 3.05) is 5.73 Å². The second-order valence-corrected chi connectivity index (χ2v) is 4.32. The average molecular weight is 261 g/mol. The predicted molar refractivity (Wildman–Crippen MR) is 75.9 cm³/mol. The predicted octanol–water partition coefficient (Wildman–Crippen LogP) is 2.39. The average Bonchev–Trinajstić information content (AvgIpc) is 2.97. The van der Waals surface area contributed by atoms with E-state index in [1.54, 1.807) is 23.0 Å². The van der Waals surface area contributed by atoms with Gasteiger partial charge < -0.3 is 5.73 Å². The van der Waals surface area contributed by atoms with E-state index in [4.69, 9.17) is 11.0 Å². The van der Waals surface area contributed by atoms with Gasteiger partial charge in [0, 0.05) is 23.6 Å². The standard InChI is InChI=1S/C15H11N5/c16-7-11-4-5-15(18-8-11)20-10-13(9-19-20)12-2-1-3-14(17)6-12/h1-6,8-10H,17H2. The molecule has 5 nitrogen and oxygen atoms in total. The third-order valence-electron chi connectivity index (χ3n) is 2.91. The molecule has 2 aromatic heterocycles. The third-order valence-corrected chi connectivity index (χ3v) is 2.91. The van der Waals surface area contributed by atoms with Crippen molar-refractivity contribution in [3.8, 4) is 23.0 Å². The summed E-state index contributed by atoms with van der Waals surface area (Å²) >= 11 is 0. The number of pyridine rings is 1. The molecular weight excluding hydrogens is 250 g/mol. The molecule has 0 amide bonds. The van der Waals surface area contributed by atoms with E-state index < -0.39 is 0 Å². The molecule has 2 N–H and O–H groups in total. The fourth-order valence-electron chi connectivity index (χ4n) is 1.90. The third kappa shape index (κ3) is 2.22. The maximum atomic E-state index is 8.75. The van der Waals surface area contributed by atoms with E-state index >= 15 is 0 Å². The molecular formula is C15H11N5. The van der Waals surface area contributed by atoms with Gasteiger partial charge in [0.1, 0.15) is 6.07 Å². The number of hydrogen-bond donors (Lipinski definition) is 1. The molecule has 0 spiro atoms. The van der Waals surface area contributed by atoms with Gasteiger partial charge in [-0.05, 0) is 29.8 Å². The minimum atomic E-state index is 0.525. The molecule has 0 radical (unpaired) electrons. The first kappa shape index (κ1) is 11.9. The zero-order valence-corrected chi connectivity index (χ0v) is 10.6. The molecule has 96 valence electrons. The van der Waals surface area contributed by atoms with Crippen LogP contribution in [0, 0.1) is 11.3 Å². The van der Waals surface area contributed by atoms with Gasteiger partial charge in [0.2, 0.25) is 0 Å². The Morgan fingerprint density at radius 3 is 2.70 bits per heavy atom. The fraction of sp³-hybridized carbons (Fsp3) is 0. The Hall–Kier alpha value is -3.13. The molecule has 0 unspecified atom stereocenters. The van der Waals surface area contributed by atoms with Crippen molar-refractivity contribution >= 4 is 5.69 Å². The normalized spacial score (nSPS) is 10.2. The number of aromatic nitrogens is 3. The number of rotatable bonds is 2. The Labute approximate surface area is 115 Å². The summed E-state index contributed by atoms with van der Waals surface area (Å²) < 4.78 is 1.67. The monoisotopic (exact) mass is 261 g/mol. The Kier molecular flexibility index (Phi) is 2.90. The van der Waals surface area contributed by atoms with Gasteiger partial charge in [0.05, 0.1) is 11.8 Å². The van der Waals surface area contributed by atoms with Crippen molar-refractivity contribution in [1.82, 2.24) is 14.8 Å². The van der Waals surface area contributed by atoms with Gasteiger partial charge in [-0.25, -0.2) is 9.67 Å². The SMILES string of the molecule is N#Cc1ccc(-n2cc(-c3cccc(N)c3)cn2)nc1. The topological polar surface area (TPSA) is 80.5 Å². The minimum absolute atomic E-state index is 0.525. The van der Waals surface area contributed by atoms with Gasteiger partial charge in [-0.3, -0.25) is 0 Å². The van der Waals surface area contributed by atoms with Gasteiger partial charge in [-0.15, -0.1) is 0 Å². The molecule has 0 aliphatic rings. The second-order valence-electron chi connectivity index (χ2n) is 4.32. The highest BCUT2D eigenvalue weighted by Crippen LogP contribution is 2.21. The summed E-state index contributed by atoms with van der Waals surface area (Å²) in [6.07, 6.45) is 5.16. The molecule has 0 saturated carbocycles. The van der Waals surface area contributed by atoms with Gasteiger partial charge in [-0.1, -0.05) is 12.1 Å². The van der Waals surface area contributed by atoms with Crippen LogP contribution in [-0.4, -0.2) is 14.8 Å². The fourth-order valence-corrected chi connectivity index (χ4v) is 1.90. The van der Waals surface area contributed by atoms with Crippen molar-refractivity contribution < 1.29 is 0 Å². The Bertz CT molecular complexity index is 781. The van der Waals surface area contributed by atoms with Crippen LogP contribution in [0.25, 0.3) is 16.9 Å². The van der Waals surface area contributed by atoms with Crippen LogP contribution in [0.2, 0.25) is 0 Å². The first-order valence-corrected chi connectivity index (χ1v) is 6.03. The summed E-state index contributed by atoms with van der Waals surface area (Å²) in [6.45, 7) is 0. The lowest BCUT2D eigenvalue weighted by molar-refractivity contribution is 0.846. The van der Waals surface area contributed by atoms with E-state index in [1.807, 2.05) is 36.5 Å². The molecule has 2 heterocycles. The Balaban J connectivity index is 1.95. The lowest BCUT2D eigenvalue weighted by atomic mass is 10.1. The van der Waals surface area contributed by atoms with E-state index in [2.05, 4.69) is 10.1 Å². The molecule has 20 heavy (non-hydrogen) atoms. The zero-order valence-electron chi connectivity index (χ0n) is 10.6. The van der Waals surface area contributed by atoms with E-state index in [0.29, 0.717) is 17.1 Å². The summed E-state index contributed by atoms with van der Waals surface area (Å²) in [6, 6.07) is 13.1. The molecule has 3 aromatic rings. The second kappa shape index (κ2) is 4.86. The molecule has 0 bridgehead atoms. The van der Waals surface area contributed by atoms with Gasteiger partial charge in [-0.2, -0.15) is 10.4 Å². The lowest BCUT2D eigenvalue weighted by Crippen LogP contribution is -1.97. The van der Waals surface area contributed by atoms with Crippen molar-refractivity contribution in [1.29, 1.82) is 5.26 Å². The molecule has 0 aliphatic carbocycles. The first-order valence-electron chi connectivity index (χ1n) is 6.03. The maximum Gasteiger partial charge on any atom is 0.153 e. The van der Waals surface area contributed by atoms with Crippen LogP contribution >= 0.6 is 0 Å². The van der Waals surface area contributed by atoms with Crippen LogP contribution in [0.5, 0.6) is 0 Å². The molecule has 0 fully saturated rings. The number of nitrogens with zero attached hydrogens (tertiary/aromatic N) is 4. The summed E-state index contributed by atoms with van der Waals surface area (Å²) in [5.41, 5.74) is 8.98. The van der Waals surface area contributed by atoms with Crippen LogP contribution in [0.4, 0.5) is 5.69 Å². The van der Waals surface area contributed by atoms with Gasteiger partial charge >= 0.3 is 0 Å². The molecule has 0 saturated heterocycles. The zero-order chi connectivity index (χ0) is 13.9. The number of hydrogen-bond acceptors (Lipinski definition) is 4. The number of nitrogen functional groups attached to an aromatic ring is 1. The smallest absolute Gasteiger partial charge is 0.153 e. The van der Waals surface area contributed by atoms with Crippen molar-refractivity contribution in [2.45, 2.75) is 0 Å². The maximum absolute atomic E-state index is 8.75. The van der Waals surface area contributed by atoms with Crippen molar-refractivity contribution in [3.05, 3.63) is 60.6 Å². The van der Waals surface area contributed by atoms with Crippen LogP contribution in [0.3, 0.4) is 0 Å². The molecule has 0 aliphatic heterocycles. The quantitative estimate of drug-likeness (QED) is 0.718. The lowest BCUT2D eigenvalue weighted by Gasteiger charge is -2.00. The number of nitrogens with two attached hydrogens (primary N) is 1. The van der Waals surface area contributed by atoms with Crippen LogP contribution in [-0.2, 0) is 0 Å².